The monoisotopic (exact) mass is 401 g/mol. The zero-order valence-corrected chi connectivity index (χ0v) is 15.0. The standard InChI is InChI=1S/C19H14F3N5O2/c1-27-16(28)18(26-17(27)23,15-6-5-13(8-25-15)19(20,21)22)12-4-2-3-11(7-12)14-9-24-10-29-14/h2-10H,1H3,(H2,23,26). The Morgan fingerprint density at radius 3 is 2.52 bits per heavy atom. The van der Waals surface area contributed by atoms with Crippen LogP contribution in [0.3, 0.4) is 0 Å². The second-order valence-corrected chi connectivity index (χ2v) is 6.42. The summed E-state index contributed by atoms with van der Waals surface area (Å²) in [6.07, 6.45) is -1.11. The van der Waals surface area contributed by atoms with Gasteiger partial charge in [0.25, 0.3) is 5.91 Å². The molecule has 1 atom stereocenters. The smallest absolute Gasteiger partial charge is 0.417 e. The van der Waals surface area contributed by atoms with Crippen LogP contribution in [0.2, 0.25) is 0 Å². The topological polar surface area (TPSA) is 97.6 Å². The van der Waals surface area contributed by atoms with Gasteiger partial charge in [-0.15, -0.1) is 0 Å². The van der Waals surface area contributed by atoms with Crippen LogP contribution >= 0.6 is 0 Å². The molecule has 3 aromatic rings. The van der Waals surface area contributed by atoms with Crippen LogP contribution < -0.4 is 5.73 Å². The molecule has 0 saturated heterocycles. The highest BCUT2D eigenvalue weighted by atomic mass is 19.4. The Kier molecular flexibility index (Phi) is 4.14. The van der Waals surface area contributed by atoms with Crippen molar-refractivity contribution in [1.29, 1.82) is 0 Å². The Hall–Kier alpha value is -3.69. The zero-order chi connectivity index (χ0) is 20.8. The summed E-state index contributed by atoms with van der Waals surface area (Å²) in [6.45, 7) is 0. The fourth-order valence-electron chi connectivity index (χ4n) is 3.18. The van der Waals surface area contributed by atoms with E-state index in [0.29, 0.717) is 23.1 Å². The molecule has 148 valence electrons. The van der Waals surface area contributed by atoms with E-state index >= 15 is 0 Å². The lowest BCUT2D eigenvalue weighted by Crippen LogP contribution is -2.41. The average molecular weight is 401 g/mol. The molecule has 10 heteroatoms. The lowest BCUT2D eigenvalue weighted by Gasteiger charge is -2.25. The van der Waals surface area contributed by atoms with Gasteiger partial charge in [0.2, 0.25) is 5.54 Å². The van der Waals surface area contributed by atoms with E-state index in [1.165, 1.54) is 19.6 Å². The van der Waals surface area contributed by atoms with Gasteiger partial charge in [-0.1, -0.05) is 18.2 Å². The maximum Gasteiger partial charge on any atom is 0.417 e. The number of amides is 1. The van der Waals surface area contributed by atoms with E-state index in [1.807, 2.05) is 0 Å². The first-order valence-corrected chi connectivity index (χ1v) is 8.40. The molecule has 29 heavy (non-hydrogen) atoms. The van der Waals surface area contributed by atoms with Crippen molar-refractivity contribution in [1.82, 2.24) is 14.9 Å². The van der Waals surface area contributed by atoms with Crippen molar-refractivity contribution in [3.8, 4) is 11.3 Å². The second-order valence-electron chi connectivity index (χ2n) is 6.42. The number of aliphatic imine (C=N–C) groups is 1. The number of hydrogen-bond acceptors (Lipinski definition) is 6. The number of benzene rings is 1. The number of oxazole rings is 1. The van der Waals surface area contributed by atoms with Crippen molar-refractivity contribution in [2.75, 3.05) is 7.05 Å². The molecule has 0 bridgehead atoms. The quantitative estimate of drug-likeness (QED) is 0.728. The molecule has 0 aliphatic carbocycles. The second kappa shape index (κ2) is 6.43. The zero-order valence-electron chi connectivity index (χ0n) is 15.0. The van der Waals surface area contributed by atoms with Crippen LogP contribution in [0.15, 0.2) is 64.6 Å². The summed E-state index contributed by atoms with van der Waals surface area (Å²) in [5.41, 5.74) is 4.26. The Labute approximate surface area is 162 Å². The summed E-state index contributed by atoms with van der Waals surface area (Å²) >= 11 is 0. The van der Waals surface area contributed by atoms with Gasteiger partial charge < -0.3 is 10.2 Å². The molecule has 2 N–H and O–H groups in total. The number of guanidine groups is 1. The molecule has 0 spiro atoms. The Morgan fingerprint density at radius 1 is 1.17 bits per heavy atom. The highest BCUT2D eigenvalue weighted by Gasteiger charge is 2.51. The van der Waals surface area contributed by atoms with Crippen LogP contribution in [-0.2, 0) is 16.5 Å². The molecular weight excluding hydrogens is 387 g/mol. The summed E-state index contributed by atoms with van der Waals surface area (Å²) < 4.78 is 44.1. The first-order chi connectivity index (χ1) is 13.7. The van der Waals surface area contributed by atoms with Crippen molar-refractivity contribution in [2.45, 2.75) is 11.7 Å². The van der Waals surface area contributed by atoms with E-state index in [-0.39, 0.29) is 11.7 Å². The predicted molar refractivity (Wildman–Crippen MR) is 96.4 cm³/mol. The Balaban J connectivity index is 1.90. The summed E-state index contributed by atoms with van der Waals surface area (Å²) in [5, 5.41) is 0. The normalized spacial score (nSPS) is 19.5. The average Bonchev–Trinajstić information content (AvgIpc) is 3.32. The van der Waals surface area contributed by atoms with Gasteiger partial charge in [-0.05, 0) is 23.8 Å². The summed E-state index contributed by atoms with van der Waals surface area (Å²) in [4.78, 5) is 26.4. The minimum atomic E-state index is -4.55. The molecule has 1 aliphatic heterocycles. The molecule has 1 aromatic carbocycles. The van der Waals surface area contributed by atoms with E-state index in [0.717, 1.165) is 17.0 Å². The number of rotatable bonds is 3. The first kappa shape index (κ1) is 18.7. The molecular formula is C19H14F3N5O2. The summed E-state index contributed by atoms with van der Waals surface area (Å²) in [6, 6.07) is 8.70. The third-order valence-corrected chi connectivity index (χ3v) is 4.70. The number of hydrogen-bond donors (Lipinski definition) is 1. The number of carbonyl (C=O) groups excluding carboxylic acids is 1. The van der Waals surface area contributed by atoms with Gasteiger partial charge in [0.05, 0.1) is 17.5 Å². The minimum absolute atomic E-state index is 0.0255. The predicted octanol–water partition coefficient (Wildman–Crippen LogP) is 2.79. The number of alkyl halides is 3. The summed E-state index contributed by atoms with van der Waals surface area (Å²) in [5.74, 6) is -0.142. The van der Waals surface area contributed by atoms with Gasteiger partial charge in [0, 0.05) is 18.8 Å². The molecule has 1 unspecified atom stereocenters. The number of nitrogens with two attached hydrogens (primary N) is 1. The first-order valence-electron chi connectivity index (χ1n) is 8.40. The van der Waals surface area contributed by atoms with Gasteiger partial charge in [0.1, 0.15) is 0 Å². The molecule has 4 rings (SSSR count). The number of likely N-dealkylation sites (N-methyl/N-ethyl adjacent to an activating group) is 1. The van der Waals surface area contributed by atoms with Gasteiger partial charge >= 0.3 is 6.18 Å². The molecule has 1 amide bonds. The molecule has 0 radical (unpaired) electrons. The highest BCUT2D eigenvalue weighted by molar-refractivity contribution is 6.08. The van der Waals surface area contributed by atoms with Crippen LogP contribution in [-0.4, -0.2) is 33.8 Å². The van der Waals surface area contributed by atoms with Gasteiger partial charge in [-0.25, -0.2) is 9.98 Å². The fraction of sp³-hybridized carbons (Fsp3) is 0.158. The Morgan fingerprint density at radius 2 is 1.97 bits per heavy atom. The molecule has 7 nitrogen and oxygen atoms in total. The maximum absolute atomic E-state index is 13.2. The van der Waals surface area contributed by atoms with Crippen LogP contribution in [0, 0.1) is 0 Å². The number of carbonyl (C=O) groups is 1. The SMILES string of the molecule is CN1C(=O)C(c2cccc(-c3cnco3)c2)(c2ccc(C(F)(F)F)cn2)N=C1N. The summed E-state index contributed by atoms with van der Waals surface area (Å²) in [7, 11) is 1.44. The van der Waals surface area contributed by atoms with Gasteiger partial charge in [0.15, 0.2) is 18.1 Å². The lowest BCUT2D eigenvalue weighted by atomic mass is 9.85. The minimum Gasteiger partial charge on any atom is -0.444 e. The van der Waals surface area contributed by atoms with Gasteiger partial charge in [-0.3, -0.25) is 14.7 Å². The molecule has 0 fully saturated rings. The number of pyridine rings is 1. The van der Waals surface area contributed by atoms with Crippen LogP contribution in [0.1, 0.15) is 16.8 Å². The highest BCUT2D eigenvalue weighted by Crippen LogP contribution is 2.40. The Bertz CT molecular complexity index is 1090. The van der Waals surface area contributed by atoms with E-state index in [2.05, 4.69) is 15.0 Å². The van der Waals surface area contributed by atoms with Crippen molar-refractivity contribution >= 4 is 11.9 Å². The van der Waals surface area contributed by atoms with Crippen molar-refractivity contribution < 1.29 is 22.4 Å². The number of halogens is 3. The maximum atomic E-state index is 13.2. The molecule has 3 heterocycles. The van der Waals surface area contributed by atoms with E-state index in [1.54, 1.807) is 24.3 Å². The largest absolute Gasteiger partial charge is 0.444 e. The number of nitrogens with zero attached hydrogens (tertiary/aromatic N) is 4. The molecule has 2 aromatic heterocycles. The number of aromatic nitrogens is 2. The fourth-order valence-corrected chi connectivity index (χ4v) is 3.18. The van der Waals surface area contributed by atoms with Crippen LogP contribution in [0.5, 0.6) is 0 Å². The van der Waals surface area contributed by atoms with Crippen LogP contribution in [0.25, 0.3) is 11.3 Å². The van der Waals surface area contributed by atoms with E-state index in [9.17, 15) is 18.0 Å². The van der Waals surface area contributed by atoms with Crippen LogP contribution in [0.4, 0.5) is 13.2 Å². The lowest BCUT2D eigenvalue weighted by molar-refractivity contribution is -0.137. The van der Waals surface area contributed by atoms with Gasteiger partial charge in [-0.2, -0.15) is 13.2 Å². The third kappa shape index (κ3) is 2.93. The van der Waals surface area contributed by atoms with E-state index < -0.39 is 23.2 Å². The third-order valence-electron chi connectivity index (χ3n) is 4.70. The molecule has 1 aliphatic rings. The molecule has 0 saturated carbocycles. The van der Waals surface area contributed by atoms with Crippen molar-refractivity contribution in [2.24, 2.45) is 10.7 Å². The van der Waals surface area contributed by atoms with Crippen molar-refractivity contribution in [3.63, 3.8) is 0 Å². The van der Waals surface area contributed by atoms with Crippen molar-refractivity contribution in [3.05, 3.63) is 72.0 Å². The van der Waals surface area contributed by atoms with E-state index in [4.69, 9.17) is 10.2 Å².